The van der Waals surface area contributed by atoms with E-state index in [2.05, 4.69) is 11.4 Å². The third-order valence-electron chi connectivity index (χ3n) is 4.91. The molecule has 0 saturated carbocycles. The molecule has 126 valence electrons. The average molecular weight is 327 g/mol. The van der Waals surface area contributed by atoms with E-state index in [0.29, 0.717) is 32.7 Å². The molecule has 6 heteroatoms. The molecule has 2 atom stereocenters. The maximum atomic E-state index is 12.8. The van der Waals surface area contributed by atoms with Gasteiger partial charge in [0.1, 0.15) is 0 Å². The van der Waals surface area contributed by atoms with Crippen molar-refractivity contribution in [1.29, 1.82) is 0 Å². The quantitative estimate of drug-likeness (QED) is 0.883. The van der Waals surface area contributed by atoms with E-state index >= 15 is 0 Å². The van der Waals surface area contributed by atoms with Crippen molar-refractivity contribution in [3.63, 3.8) is 0 Å². The molecule has 2 saturated heterocycles. The number of ether oxygens (including phenoxy) is 1. The van der Waals surface area contributed by atoms with Gasteiger partial charge in [0.2, 0.25) is 11.8 Å². The highest BCUT2D eigenvalue weighted by Gasteiger charge is 2.35. The van der Waals surface area contributed by atoms with Gasteiger partial charge in [0, 0.05) is 37.2 Å². The molecule has 24 heavy (non-hydrogen) atoms. The van der Waals surface area contributed by atoms with Crippen LogP contribution in [0, 0.1) is 5.92 Å². The number of nitrogens with one attached hydrogen (secondary N) is 1. The molecule has 2 aliphatic rings. The topological polar surface area (TPSA) is 63.6 Å². The molecule has 4 rings (SSSR count). The van der Waals surface area contributed by atoms with Gasteiger partial charge in [0.15, 0.2) is 0 Å². The van der Waals surface area contributed by atoms with Gasteiger partial charge in [-0.2, -0.15) is 0 Å². The second-order valence-corrected chi connectivity index (χ2v) is 6.70. The van der Waals surface area contributed by atoms with Gasteiger partial charge in [-0.15, -0.1) is 0 Å². The highest BCUT2D eigenvalue weighted by Crippen LogP contribution is 2.22. The minimum Gasteiger partial charge on any atom is -0.378 e. The number of amides is 2. The van der Waals surface area contributed by atoms with E-state index in [1.807, 2.05) is 40.9 Å². The lowest BCUT2D eigenvalue weighted by Gasteiger charge is -2.27. The summed E-state index contributed by atoms with van der Waals surface area (Å²) in [5, 5.41) is 4.07. The van der Waals surface area contributed by atoms with Crippen molar-refractivity contribution in [3.8, 4) is 0 Å². The van der Waals surface area contributed by atoms with Crippen LogP contribution in [0.25, 0.3) is 10.9 Å². The van der Waals surface area contributed by atoms with Crippen LogP contribution in [0.5, 0.6) is 0 Å². The molecule has 0 spiro atoms. The Bertz CT molecular complexity index is 798. The predicted octanol–water partition coefficient (Wildman–Crippen LogP) is 0.694. The van der Waals surface area contributed by atoms with Gasteiger partial charge in [-0.25, -0.2) is 0 Å². The van der Waals surface area contributed by atoms with E-state index in [4.69, 9.17) is 4.74 Å². The number of rotatable bonds is 2. The Kier molecular flexibility index (Phi) is 3.76. The predicted molar refractivity (Wildman–Crippen MR) is 89.4 cm³/mol. The summed E-state index contributed by atoms with van der Waals surface area (Å²) < 4.78 is 7.56. The normalized spacial score (nSPS) is 23.9. The van der Waals surface area contributed by atoms with E-state index in [9.17, 15) is 9.59 Å². The summed E-state index contributed by atoms with van der Waals surface area (Å²) in [4.78, 5) is 26.7. The molecule has 1 aromatic heterocycles. The summed E-state index contributed by atoms with van der Waals surface area (Å²) in [6, 6.07) is 7.99. The first-order valence-electron chi connectivity index (χ1n) is 8.30. The van der Waals surface area contributed by atoms with Crippen LogP contribution in [0.15, 0.2) is 30.5 Å². The van der Waals surface area contributed by atoms with Gasteiger partial charge < -0.3 is 19.5 Å². The molecule has 0 unspecified atom stereocenters. The Morgan fingerprint density at radius 2 is 2.12 bits per heavy atom. The Labute approximate surface area is 140 Å². The minimum absolute atomic E-state index is 0.00189. The largest absolute Gasteiger partial charge is 0.378 e. The summed E-state index contributed by atoms with van der Waals surface area (Å²) in [6.45, 7) is 1.82. The number of benzene rings is 1. The lowest BCUT2D eigenvalue weighted by molar-refractivity contribution is -0.132. The molecule has 2 amide bonds. The second kappa shape index (κ2) is 5.94. The lowest BCUT2D eigenvalue weighted by Crippen LogP contribution is -2.44. The van der Waals surface area contributed by atoms with Crippen LogP contribution >= 0.6 is 0 Å². The van der Waals surface area contributed by atoms with E-state index in [1.165, 1.54) is 0 Å². The third-order valence-corrected chi connectivity index (χ3v) is 4.91. The van der Waals surface area contributed by atoms with Gasteiger partial charge in [-0.3, -0.25) is 9.59 Å². The van der Waals surface area contributed by atoms with Crippen LogP contribution in [-0.4, -0.2) is 53.6 Å². The Hall–Kier alpha value is -2.34. The van der Waals surface area contributed by atoms with Crippen molar-refractivity contribution in [3.05, 3.63) is 36.0 Å². The Morgan fingerprint density at radius 1 is 1.29 bits per heavy atom. The zero-order chi connectivity index (χ0) is 16.7. The number of nitrogens with zero attached hydrogens (tertiary/aromatic N) is 2. The first-order chi connectivity index (χ1) is 11.6. The van der Waals surface area contributed by atoms with Crippen molar-refractivity contribution in [2.24, 2.45) is 13.0 Å². The first-order valence-corrected chi connectivity index (χ1v) is 8.30. The fourth-order valence-corrected chi connectivity index (χ4v) is 3.67. The first kappa shape index (κ1) is 15.2. The van der Waals surface area contributed by atoms with Gasteiger partial charge in [0.05, 0.1) is 31.6 Å². The van der Waals surface area contributed by atoms with Gasteiger partial charge in [0.25, 0.3) is 0 Å². The van der Waals surface area contributed by atoms with Crippen molar-refractivity contribution < 1.29 is 14.3 Å². The number of aromatic nitrogens is 1. The molecule has 2 aromatic rings. The van der Waals surface area contributed by atoms with Gasteiger partial charge in [-0.1, -0.05) is 18.2 Å². The average Bonchev–Trinajstić information content (AvgIpc) is 2.68. The number of fused-ring (bicyclic) bond motifs is 4. The maximum absolute atomic E-state index is 12.8. The van der Waals surface area contributed by atoms with Crippen molar-refractivity contribution in [1.82, 2.24) is 14.8 Å². The molecule has 6 nitrogen and oxygen atoms in total. The second-order valence-electron chi connectivity index (χ2n) is 6.70. The van der Waals surface area contributed by atoms with Crippen molar-refractivity contribution in [2.45, 2.75) is 12.5 Å². The van der Waals surface area contributed by atoms with Crippen LogP contribution in [0.4, 0.5) is 0 Å². The summed E-state index contributed by atoms with van der Waals surface area (Å²) in [5.41, 5.74) is 2.15. The monoisotopic (exact) mass is 327 g/mol. The highest BCUT2D eigenvalue weighted by atomic mass is 16.5. The molecule has 0 aliphatic carbocycles. The number of aryl methyl sites for hydroxylation is 1. The molecule has 2 aliphatic heterocycles. The molecule has 2 fully saturated rings. The van der Waals surface area contributed by atoms with Gasteiger partial charge in [-0.05, 0) is 11.6 Å². The van der Waals surface area contributed by atoms with E-state index < -0.39 is 0 Å². The molecular formula is C18H21N3O3. The van der Waals surface area contributed by atoms with Crippen molar-refractivity contribution in [2.75, 3.05) is 26.3 Å². The third kappa shape index (κ3) is 2.67. The maximum Gasteiger partial charge on any atom is 0.227 e. The number of para-hydroxylation sites is 1. The molecule has 1 aromatic carbocycles. The summed E-state index contributed by atoms with van der Waals surface area (Å²) in [5.74, 6) is -0.202. The summed E-state index contributed by atoms with van der Waals surface area (Å²) in [7, 11) is 1.99. The van der Waals surface area contributed by atoms with Crippen LogP contribution < -0.4 is 5.32 Å². The van der Waals surface area contributed by atoms with Crippen LogP contribution in [0.1, 0.15) is 5.56 Å². The molecular weight excluding hydrogens is 306 g/mol. The molecule has 3 heterocycles. The molecule has 2 bridgehead atoms. The van der Waals surface area contributed by atoms with Crippen molar-refractivity contribution >= 4 is 22.7 Å². The fraction of sp³-hybridized carbons (Fsp3) is 0.444. The van der Waals surface area contributed by atoms with E-state index in [1.54, 1.807) is 0 Å². The standard InChI is InChI=1S/C18H21N3O3/c1-20-7-12(15-4-2-3-5-16(15)20)6-17(22)21-8-13-10-24-11-14(9-21)19-18(13)23/h2-5,7,13-14H,6,8-11H2,1H3,(H,19,23)/t13-,14+/m1/s1. The number of hydrogen-bond acceptors (Lipinski definition) is 3. The number of carbonyl (C=O) groups excluding carboxylic acids is 2. The fourth-order valence-electron chi connectivity index (χ4n) is 3.67. The summed E-state index contributed by atoms with van der Waals surface area (Å²) in [6.07, 6.45) is 2.38. The van der Waals surface area contributed by atoms with Crippen LogP contribution in [0.3, 0.4) is 0 Å². The Morgan fingerprint density at radius 3 is 3.00 bits per heavy atom. The van der Waals surface area contributed by atoms with Gasteiger partial charge >= 0.3 is 0 Å². The minimum atomic E-state index is -0.269. The zero-order valence-corrected chi connectivity index (χ0v) is 13.7. The Balaban J connectivity index is 1.56. The number of hydrogen-bond donors (Lipinski definition) is 1. The van der Waals surface area contributed by atoms with E-state index in [-0.39, 0.29) is 23.8 Å². The van der Waals surface area contributed by atoms with Crippen LogP contribution in [-0.2, 0) is 27.8 Å². The highest BCUT2D eigenvalue weighted by molar-refractivity contribution is 5.90. The summed E-state index contributed by atoms with van der Waals surface area (Å²) >= 11 is 0. The molecule has 1 N–H and O–H groups in total. The number of carbonyl (C=O) groups is 2. The zero-order valence-electron chi connectivity index (χ0n) is 13.7. The van der Waals surface area contributed by atoms with Crippen LogP contribution in [0.2, 0.25) is 0 Å². The SMILES string of the molecule is Cn1cc(CC(=O)N2C[C@H]3COC[C@@H](C2)C(=O)N3)c2ccccc21. The molecule has 0 radical (unpaired) electrons. The lowest BCUT2D eigenvalue weighted by atomic mass is 10.1. The van der Waals surface area contributed by atoms with E-state index in [0.717, 1.165) is 16.5 Å². The smallest absolute Gasteiger partial charge is 0.227 e.